The summed E-state index contributed by atoms with van der Waals surface area (Å²) in [5, 5.41) is 6.59. The predicted octanol–water partition coefficient (Wildman–Crippen LogP) is -1.91. The molecule has 168 valence electrons. The number of rotatable bonds is 0. The van der Waals surface area contributed by atoms with Gasteiger partial charge >= 0.3 is 0 Å². The van der Waals surface area contributed by atoms with Crippen LogP contribution in [0.1, 0.15) is 35.6 Å². The summed E-state index contributed by atoms with van der Waals surface area (Å²) in [5.41, 5.74) is 0. The van der Waals surface area contributed by atoms with Gasteiger partial charge in [-0.2, -0.15) is 0 Å². The second-order valence-electron chi connectivity index (χ2n) is 5.44. The minimum Gasteiger partial charge on any atom is -0.314 e. The molecule has 0 aromatic heterocycles. The number of nitrogens with one attached hydrogen (secondary N) is 4. The third kappa shape index (κ3) is 15.6. The Morgan fingerprint density at radius 2 is 1.14 bits per heavy atom. The zero-order valence-corrected chi connectivity index (χ0v) is 16.0. The van der Waals surface area contributed by atoms with E-state index in [0.717, 1.165) is 20.1 Å². The first-order chi connectivity index (χ1) is 23.8. The Morgan fingerprint density at radius 1 is 0.607 bits per heavy atom. The van der Waals surface area contributed by atoms with Crippen LogP contribution in [0.25, 0.3) is 0 Å². The van der Waals surface area contributed by atoms with Crippen molar-refractivity contribution in [2.75, 3.05) is 132 Å². The molecule has 4 saturated heterocycles. The molecule has 0 aromatic rings. The molecule has 0 saturated carbocycles. The van der Waals surface area contributed by atoms with Gasteiger partial charge in [-0.05, 0) is 28.0 Å². The van der Waals surface area contributed by atoms with Gasteiger partial charge in [0, 0.05) is 140 Å². The van der Waals surface area contributed by atoms with E-state index in [2.05, 4.69) is 10.6 Å². The summed E-state index contributed by atoms with van der Waals surface area (Å²) in [7, 11) is 2.72. The third-order valence-corrected chi connectivity index (χ3v) is 3.00. The zero-order chi connectivity index (χ0) is 44.3. The maximum Gasteiger partial charge on any atom is 0.122 e. The van der Waals surface area contributed by atoms with Crippen molar-refractivity contribution >= 4 is 0 Å². The Bertz CT molecular complexity index is 1210. The minimum absolute atomic E-state index is 0.229. The average Bonchev–Trinajstić information content (AvgIpc) is 2.92. The van der Waals surface area contributed by atoms with Crippen LogP contribution in [0.2, 0.25) is 1.41 Å². The van der Waals surface area contributed by atoms with Crippen LogP contribution in [0.4, 0.5) is 0 Å². The van der Waals surface area contributed by atoms with E-state index < -0.39 is 89.1 Å². The summed E-state index contributed by atoms with van der Waals surface area (Å²) in [6.07, 6.45) is 0. The molecule has 4 aliphatic heterocycles. The van der Waals surface area contributed by atoms with Crippen molar-refractivity contribution < 1.29 is 37.1 Å². The highest BCUT2D eigenvalue weighted by Gasteiger charge is 2.03. The van der Waals surface area contributed by atoms with E-state index in [4.69, 9.17) is 37.1 Å². The van der Waals surface area contributed by atoms with Crippen molar-refractivity contribution in [1.29, 1.82) is 0 Å². The second kappa shape index (κ2) is 17.5. The van der Waals surface area contributed by atoms with Crippen LogP contribution < -0.4 is 21.3 Å². The lowest BCUT2D eigenvalue weighted by Crippen LogP contribution is -2.40. The van der Waals surface area contributed by atoms with Gasteiger partial charge in [0.05, 0.1) is 0 Å². The summed E-state index contributed by atoms with van der Waals surface area (Å²) in [5.74, 6) is 0. The molecule has 28 heavy (non-hydrogen) atoms. The highest BCUT2D eigenvalue weighted by molar-refractivity contribution is 4.64. The van der Waals surface area contributed by atoms with Gasteiger partial charge < -0.3 is 40.9 Å². The number of hydrogen-bond acceptors (Lipinski definition) is 8. The second-order valence-corrected chi connectivity index (χ2v) is 5.44. The smallest absolute Gasteiger partial charge is 0.122 e. The van der Waals surface area contributed by atoms with Crippen LogP contribution in [-0.4, -0.2) is 152 Å². The highest BCUT2D eigenvalue weighted by atomic mass is 15.2. The molecule has 0 spiro atoms. The molecule has 8 heteroatoms. The molecule has 0 unspecified atom stereocenters. The first-order valence-corrected chi connectivity index (χ1v) is 8.36. The van der Waals surface area contributed by atoms with E-state index in [1.54, 1.807) is 17.3 Å². The Morgan fingerprint density at radius 3 is 1.64 bits per heavy atom. The normalized spacial score (nSPS) is 59.1. The standard InChI is InChI=1S/4C5H12N2/c4*1-7-4-2-6-3-5-7/h4*6H,2-5H2,1H3/i1D3,2D2,3D2,4D2,5D2;2D2,3D2,4D2,5D2;2D2,3D2;1D3/hD. The lowest BCUT2D eigenvalue weighted by atomic mass is 10.4. The van der Waals surface area contributed by atoms with Crippen LogP contribution >= 0.6 is 0 Å². The first-order valence-electron chi connectivity index (χ1n) is 21.8. The van der Waals surface area contributed by atoms with E-state index in [1.165, 1.54) is 4.90 Å². The van der Waals surface area contributed by atoms with E-state index in [9.17, 15) is 0 Å². The van der Waals surface area contributed by atoms with E-state index in [1.807, 2.05) is 0 Å². The van der Waals surface area contributed by atoms with Crippen molar-refractivity contribution in [3.8, 4) is 0 Å². The van der Waals surface area contributed by atoms with E-state index in [-0.39, 0.29) is 13.1 Å². The van der Waals surface area contributed by atoms with Crippen molar-refractivity contribution in [2.24, 2.45) is 0 Å². The Kier molecular flexibility index (Phi) is 4.13. The topological polar surface area (TPSA) is 61.1 Å². The zero-order valence-electron chi connectivity index (χ0n) is 43.0. The van der Waals surface area contributed by atoms with E-state index in [0.29, 0.717) is 18.0 Å². The fraction of sp³-hybridized carbons (Fsp3) is 1.00. The molecular weight excluding hydrogens is 352 g/mol. The highest BCUT2D eigenvalue weighted by Crippen LogP contribution is 1.84. The summed E-state index contributed by atoms with van der Waals surface area (Å²) < 4.78 is 198. The van der Waals surface area contributed by atoms with Gasteiger partial charge in [-0.25, -0.2) is 0 Å². The quantitative estimate of drug-likeness (QED) is 0.357. The lowest BCUT2D eigenvalue weighted by molar-refractivity contribution is 0.291. The minimum atomic E-state index is -3.44. The van der Waals surface area contributed by atoms with Gasteiger partial charge in [0.2, 0.25) is 0 Å². The van der Waals surface area contributed by atoms with Crippen molar-refractivity contribution in [2.45, 2.75) is 0 Å². The third-order valence-electron chi connectivity index (χ3n) is 3.00. The van der Waals surface area contributed by atoms with Crippen LogP contribution in [-0.2, 0) is 0 Å². The van der Waals surface area contributed by atoms with Crippen LogP contribution in [0.3, 0.4) is 0 Å². The molecule has 4 heterocycles. The number of piperazine rings is 4. The van der Waals surface area contributed by atoms with Crippen molar-refractivity contribution in [1.82, 2.24) is 40.9 Å². The van der Waals surface area contributed by atoms with Gasteiger partial charge in [-0.3, -0.25) is 0 Å². The molecule has 0 amide bonds. The maximum atomic E-state index is 7.49. The number of nitrogens with zero attached hydrogens (tertiary/aromatic N) is 4. The molecular formula is C20H48N8. The van der Waals surface area contributed by atoms with Gasteiger partial charge in [-0.1, -0.05) is 0 Å². The predicted molar refractivity (Wildman–Crippen MR) is 121 cm³/mol. The van der Waals surface area contributed by atoms with Gasteiger partial charge in [0.15, 0.2) is 0 Å². The SMILES string of the molecule is [2H]C([2H])([2H])N1CCNCC1.[2H]C1([2H])CN(C)CC([2H])([2H])N1.[2H]C1([2H])NC([2H])([2H])C([2H])([2H])N(C)C1([2H])[2H].[2H]N1C([2H])([2H])C([2H])([2H])N(C([2H])([2H])[2H])C([2H])([2H])C1([2H])[2H]. The number of likely N-dealkylation sites (N-methyl/N-ethyl adjacent to an activating group) is 4. The molecule has 4 aliphatic rings. The molecule has 4 fully saturated rings. The Balaban J connectivity index is 0.000000378. The molecule has 0 aromatic carbocycles. The van der Waals surface area contributed by atoms with Crippen LogP contribution in [0, 0.1) is 0 Å². The molecule has 4 rings (SSSR count). The molecule has 4 N–H and O–H groups in total. The fourth-order valence-corrected chi connectivity index (χ4v) is 1.62. The maximum absolute atomic E-state index is 7.49. The lowest BCUT2D eigenvalue weighted by Gasteiger charge is -2.21. The monoisotopic (exact) mass is 428 g/mol. The summed E-state index contributed by atoms with van der Waals surface area (Å²) in [4.78, 5) is 3.11. The molecule has 0 radical (unpaired) electrons. The van der Waals surface area contributed by atoms with Gasteiger partial charge in [0.1, 0.15) is 1.41 Å². The molecule has 8 nitrogen and oxygen atoms in total. The molecule has 0 aliphatic carbocycles. The van der Waals surface area contributed by atoms with E-state index >= 15 is 0 Å². The summed E-state index contributed by atoms with van der Waals surface area (Å²) in [6.45, 7) is -29.4. The average molecular weight is 428 g/mol. The molecule has 0 bridgehead atoms. The molecule has 0 atom stereocenters. The fourth-order valence-electron chi connectivity index (χ4n) is 1.62. The summed E-state index contributed by atoms with van der Waals surface area (Å²) >= 11 is 0. The Hall–Kier alpha value is -0.320. The summed E-state index contributed by atoms with van der Waals surface area (Å²) in [6, 6.07) is 0. The van der Waals surface area contributed by atoms with Gasteiger partial charge in [0.25, 0.3) is 0 Å². The van der Waals surface area contributed by atoms with Gasteiger partial charge in [-0.15, -0.1) is 0 Å². The first kappa shape index (κ1) is 6.59. The Labute approximate surface area is 212 Å². The van der Waals surface area contributed by atoms with Crippen LogP contribution in [0.15, 0.2) is 0 Å². The van der Waals surface area contributed by atoms with Crippen molar-refractivity contribution in [3.63, 3.8) is 0 Å². The van der Waals surface area contributed by atoms with Crippen molar-refractivity contribution in [3.05, 3.63) is 0 Å². The largest absolute Gasteiger partial charge is 0.314 e. The van der Waals surface area contributed by atoms with Crippen LogP contribution in [0.5, 0.6) is 0 Å². The number of hydrogen-bond donors (Lipinski definition) is 4.